The van der Waals surface area contributed by atoms with Gasteiger partial charge in [0.05, 0.1) is 22.6 Å². The van der Waals surface area contributed by atoms with Gasteiger partial charge in [-0.3, -0.25) is 14.3 Å². The van der Waals surface area contributed by atoms with Gasteiger partial charge >= 0.3 is 0 Å². The van der Waals surface area contributed by atoms with E-state index in [0.29, 0.717) is 31.2 Å². The monoisotopic (exact) mass is 522 g/mol. The van der Waals surface area contributed by atoms with Crippen LogP contribution in [0.5, 0.6) is 0 Å². The standard InChI is InChI=1S/C24H19ClN6O2S2/c1-14-20(22(33)31(29(14)3)18-7-5-4-6-8-18)19-13-34-23(26-19)27-24-30(28-21(35-24)15(2)32)17-11-9-16(25)10-12-17/h4-13H,1-3H3/b27-24-. The summed E-state index contributed by atoms with van der Waals surface area (Å²) in [6.45, 7) is 3.36. The quantitative estimate of drug-likeness (QED) is 0.306. The Balaban J connectivity index is 1.60. The number of nitrogens with zero attached hydrogens (tertiary/aromatic N) is 6. The van der Waals surface area contributed by atoms with Gasteiger partial charge < -0.3 is 0 Å². The highest BCUT2D eigenvalue weighted by Crippen LogP contribution is 2.27. The van der Waals surface area contributed by atoms with Crippen LogP contribution in [0.2, 0.25) is 5.02 Å². The van der Waals surface area contributed by atoms with Gasteiger partial charge in [-0.15, -0.1) is 11.3 Å². The topological polar surface area (TPSA) is 87.1 Å². The summed E-state index contributed by atoms with van der Waals surface area (Å²) in [5.41, 5.74) is 3.21. The number of ketones is 1. The Morgan fingerprint density at radius 3 is 2.46 bits per heavy atom. The van der Waals surface area contributed by atoms with Gasteiger partial charge in [-0.2, -0.15) is 10.1 Å². The molecule has 0 fully saturated rings. The third-order valence-corrected chi connectivity index (χ3v) is 7.42. The average Bonchev–Trinajstić information content (AvgIpc) is 3.53. The largest absolute Gasteiger partial charge is 0.292 e. The zero-order valence-electron chi connectivity index (χ0n) is 19.0. The normalized spacial score (nSPS) is 11.8. The third kappa shape index (κ3) is 4.31. The van der Waals surface area contributed by atoms with Crippen molar-refractivity contribution in [2.24, 2.45) is 12.0 Å². The maximum absolute atomic E-state index is 13.3. The molecular formula is C24H19ClN6O2S2. The number of halogens is 1. The zero-order valence-corrected chi connectivity index (χ0v) is 21.4. The highest BCUT2D eigenvalue weighted by atomic mass is 35.5. The van der Waals surface area contributed by atoms with E-state index >= 15 is 0 Å². The number of carbonyl (C=O) groups is 1. The summed E-state index contributed by atoms with van der Waals surface area (Å²) in [6.07, 6.45) is 0. The zero-order chi connectivity index (χ0) is 24.7. The lowest BCUT2D eigenvalue weighted by Gasteiger charge is -2.07. The minimum absolute atomic E-state index is 0.152. The summed E-state index contributed by atoms with van der Waals surface area (Å²) in [5, 5.41) is 7.62. The summed E-state index contributed by atoms with van der Waals surface area (Å²) in [4.78, 5) is 35.1. The van der Waals surface area contributed by atoms with Crippen LogP contribution in [0.15, 0.2) is 69.8 Å². The molecule has 0 N–H and O–H groups in total. The van der Waals surface area contributed by atoms with Crippen LogP contribution in [0.1, 0.15) is 22.4 Å². The van der Waals surface area contributed by atoms with Crippen LogP contribution in [-0.2, 0) is 7.05 Å². The highest BCUT2D eigenvalue weighted by molar-refractivity contribution is 7.14. The van der Waals surface area contributed by atoms with Crippen LogP contribution in [0.25, 0.3) is 22.6 Å². The Morgan fingerprint density at radius 2 is 1.77 bits per heavy atom. The molecule has 35 heavy (non-hydrogen) atoms. The van der Waals surface area contributed by atoms with Crippen LogP contribution in [0.4, 0.5) is 5.13 Å². The molecule has 0 aliphatic heterocycles. The molecule has 0 amide bonds. The molecule has 0 saturated carbocycles. The van der Waals surface area contributed by atoms with E-state index in [1.165, 1.54) is 29.6 Å². The molecule has 176 valence electrons. The lowest BCUT2D eigenvalue weighted by atomic mass is 10.2. The van der Waals surface area contributed by atoms with Crippen LogP contribution in [0, 0.1) is 6.92 Å². The van der Waals surface area contributed by atoms with Crippen molar-refractivity contribution in [3.63, 3.8) is 0 Å². The molecule has 0 bridgehead atoms. The molecule has 2 aromatic carbocycles. The maximum Gasteiger partial charge on any atom is 0.281 e. The number of hydrogen-bond donors (Lipinski definition) is 0. The first-order chi connectivity index (χ1) is 16.8. The molecule has 8 nitrogen and oxygen atoms in total. The van der Waals surface area contributed by atoms with Gasteiger partial charge in [0.2, 0.25) is 9.93 Å². The van der Waals surface area contributed by atoms with E-state index in [9.17, 15) is 9.59 Å². The van der Waals surface area contributed by atoms with Crippen molar-refractivity contribution < 1.29 is 4.79 Å². The SMILES string of the molecule is CC(=O)c1nn(-c2ccc(Cl)cc2)/c(=N/c2nc(-c3c(C)n(C)n(-c4ccccc4)c3=O)cs2)s1. The average molecular weight is 523 g/mol. The van der Waals surface area contributed by atoms with Crippen molar-refractivity contribution in [3.8, 4) is 22.6 Å². The van der Waals surface area contributed by atoms with E-state index < -0.39 is 0 Å². The predicted molar refractivity (Wildman–Crippen MR) is 139 cm³/mol. The summed E-state index contributed by atoms with van der Waals surface area (Å²) < 4.78 is 5.03. The third-order valence-electron chi connectivity index (χ3n) is 5.43. The van der Waals surface area contributed by atoms with E-state index in [1.807, 2.05) is 54.4 Å². The second-order valence-electron chi connectivity index (χ2n) is 7.70. The molecule has 5 rings (SSSR count). The first-order valence-corrected chi connectivity index (χ1v) is 12.6. The van der Waals surface area contributed by atoms with Gasteiger partial charge in [0.15, 0.2) is 10.8 Å². The molecule has 0 aliphatic carbocycles. The molecular weight excluding hydrogens is 504 g/mol. The van der Waals surface area contributed by atoms with Crippen molar-refractivity contribution in [2.45, 2.75) is 13.8 Å². The molecule has 3 heterocycles. The lowest BCUT2D eigenvalue weighted by Crippen LogP contribution is -2.20. The van der Waals surface area contributed by atoms with E-state index in [0.717, 1.165) is 17.1 Å². The second-order valence-corrected chi connectivity index (χ2v) is 9.93. The van der Waals surface area contributed by atoms with Gasteiger partial charge in [0.1, 0.15) is 0 Å². The summed E-state index contributed by atoms with van der Waals surface area (Å²) in [6, 6.07) is 16.6. The van der Waals surface area contributed by atoms with Crippen LogP contribution >= 0.6 is 34.3 Å². The van der Waals surface area contributed by atoms with Crippen molar-refractivity contribution in [1.82, 2.24) is 24.1 Å². The predicted octanol–water partition coefficient (Wildman–Crippen LogP) is 4.94. The number of Topliss-reactive ketones (excluding diaryl/α,β-unsaturated/α-hetero) is 1. The smallest absolute Gasteiger partial charge is 0.281 e. The molecule has 0 saturated heterocycles. The molecule has 0 radical (unpaired) electrons. The highest BCUT2D eigenvalue weighted by Gasteiger charge is 2.20. The lowest BCUT2D eigenvalue weighted by molar-refractivity contribution is 0.101. The first kappa shape index (κ1) is 23.2. The molecule has 0 atom stereocenters. The van der Waals surface area contributed by atoms with E-state index in [4.69, 9.17) is 11.6 Å². The van der Waals surface area contributed by atoms with Crippen LogP contribution in [-0.4, -0.2) is 29.9 Å². The Kier molecular flexibility index (Phi) is 6.10. The Morgan fingerprint density at radius 1 is 1.06 bits per heavy atom. The fourth-order valence-electron chi connectivity index (χ4n) is 3.62. The fourth-order valence-corrected chi connectivity index (χ4v) is 5.29. The number of thiazole rings is 1. The number of hydrogen-bond acceptors (Lipinski definition) is 7. The molecule has 0 aliphatic rings. The Bertz CT molecular complexity index is 1670. The van der Waals surface area contributed by atoms with Crippen molar-refractivity contribution in [2.75, 3.05) is 0 Å². The minimum Gasteiger partial charge on any atom is -0.292 e. The molecule has 0 spiro atoms. The summed E-state index contributed by atoms with van der Waals surface area (Å²) in [7, 11) is 1.85. The number of para-hydroxylation sites is 1. The first-order valence-electron chi connectivity index (χ1n) is 10.5. The van der Waals surface area contributed by atoms with Gasteiger partial charge in [0.25, 0.3) is 5.56 Å². The minimum atomic E-state index is -0.152. The fraction of sp³-hybridized carbons (Fsp3) is 0.125. The molecule has 3 aromatic heterocycles. The van der Waals surface area contributed by atoms with Gasteiger partial charge in [-0.05, 0) is 43.3 Å². The van der Waals surface area contributed by atoms with Gasteiger partial charge in [0, 0.05) is 30.1 Å². The number of benzene rings is 2. The number of aromatic nitrogens is 5. The molecule has 11 heteroatoms. The summed E-state index contributed by atoms with van der Waals surface area (Å²) in [5.74, 6) is -0.152. The molecule has 5 aromatic rings. The van der Waals surface area contributed by atoms with Crippen molar-refractivity contribution in [3.05, 3.63) is 90.9 Å². The van der Waals surface area contributed by atoms with Gasteiger partial charge in [-0.25, -0.2) is 14.3 Å². The van der Waals surface area contributed by atoms with E-state index in [-0.39, 0.29) is 11.3 Å². The van der Waals surface area contributed by atoms with Crippen molar-refractivity contribution in [1.29, 1.82) is 0 Å². The van der Waals surface area contributed by atoms with E-state index in [2.05, 4.69) is 15.1 Å². The second kappa shape index (κ2) is 9.21. The Hall–Kier alpha value is -3.60. The van der Waals surface area contributed by atoms with Crippen LogP contribution in [0.3, 0.4) is 0 Å². The Labute approximate surface area is 213 Å². The van der Waals surface area contributed by atoms with Crippen LogP contribution < -0.4 is 10.4 Å². The molecule has 0 unspecified atom stereocenters. The summed E-state index contributed by atoms with van der Waals surface area (Å²) >= 11 is 8.51. The number of carbonyl (C=O) groups excluding carboxylic acids is 1. The number of rotatable bonds is 5. The van der Waals surface area contributed by atoms with E-state index in [1.54, 1.807) is 33.6 Å². The van der Waals surface area contributed by atoms with Gasteiger partial charge in [-0.1, -0.05) is 41.1 Å². The van der Waals surface area contributed by atoms with Crippen molar-refractivity contribution >= 4 is 45.2 Å². The maximum atomic E-state index is 13.3.